The second kappa shape index (κ2) is 5.89. The molecule has 127 valence electrons. The molecule has 2 heterocycles. The number of carbonyl (C=O) groups excluding carboxylic acids is 1. The van der Waals surface area contributed by atoms with Gasteiger partial charge in [0.15, 0.2) is 5.82 Å². The molecule has 0 aliphatic rings. The number of carbonyl (C=O) groups is 1. The number of fused-ring (bicyclic) bond motifs is 1. The molecule has 6 heteroatoms. The summed E-state index contributed by atoms with van der Waals surface area (Å²) in [5.74, 6) is -1.21. The summed E-state index contributed by atoms with van der Waals surface area (Å²) in [5.41, 5.74) is 5.69. The van der Waals surface area contributed by atoms with Crippen molar-refractivity contribution in [1.29, 1.82) is 0 Å². The quantitative estimate of drug-likeness (QED) is 0.768. The van der Waals surface area contributed by atoms with Crippen molar-refractivity contribution in [2.75, 3.05) is 0 Å². The molecule has 0 spiro atoms. The van der Waals surface area contributed by atoms with Crippen molar-refractivity contribution in [2.45, 2.75) is 26.4 Å². The van der Waals surface area contributed by atoms with Crippen molar-refractivity contribution in [3.05, 3.63) is 59.4 Å². The van der Waals surface area contributed by atoms with E-state index in [-0.39, 0.29) is 11.4 Å². The van der Waals surface area contributed by atoms with E-state index in [1.807, 2.05) is 0 Å². The van der Waals surface area contributed by atoms with Gasteiger partial charge in [-0.05, 0) is 49.4 Å². The van der Waals surface area contributed by atoms with E-state index in [1.54, 1.807) is 31.2 Å². The molecular weight excluding hydrogens is 321 g/mol. The normalized spacial score (nSPS) is 11.7. The van der Waals surface area contributed by atoms with Gasteiger partial charge >= 0.3 is 0 Å². The molecule has 25 heavy (non-hydrogen) atoms. The average Bonchev–Trinajstić information content (AvgIpc) is 2.55. The first-order chi connectivity index (χ1) is 11.7. The Kier molecular flexibility index (Phi) is 4.00. The first kappa shape index (κ1) is 17.0. The Bertz CT molecular complexity index is 994. The van der Waals surface area contributed by atoms with Gasteiger partial charge in [0, 0.05) is 17.1 Å². The third-order valence-corrected chi connectivity index (χ3v) is 4.09. The lowest BCUT2D eigenvalue weighted by Crippen LogP contribution is -2.20. The Morgan fingerprint density at radius 3 is 2.72 bits per heavy atom. The van der Waals surface area contributed by atoms with Crippen molar-refractivity contribution < 1.29 is 14.3 Å². The van der Waals surface area contributed by atoms with E-state index in [2.05, 4.69) is 16.2 Å². The molecule has 0 fully saturated rings. The van der Waals surface area contributed by atoms with Crippen molar-refractivity contribution in [1.82, 2.24) is 9.97 Å². The lowest BCUT2D eigenvalue weighted by Gasteiger charge is -2.19. The number of nitrogens with zero attached hydrogens (tertiary/aromatic N) is 2. The zero-order valence-electron chi connectivity index (χ0n) is 14.1. The summed E-state index contributed by atoms with van der Waals surface area (Å²) < 4.78 is 14.7. The smallest absolute Gasteiger partial charge is 0.267 e. The molecule has 5 nitrogen and oxygen atoms in total. The van der Waals surface area contributed by atoms with E-state index >= 15 is 0 Å². The van der Waals surface area contributed by atoms with Crippen LogP contribution in [0, 0.1) is 18.9 Å². The van der Waals surface area contributed by atoms with Gasteiger partial charge in [-0.1, -0.05) is 12.1 Å². The SMILES string of the molecule is Cc1c(-c2ccc3c[c]nc(C(N)=O)c3c2)cnc(C(C)(C)O)c1F. The van der Waals surface area contributed by atoms with Crippen molar-refractivity contribution >= 4 is 16.7 Å². The first-order valence-corrected chi connectivity index (χ1v) is 7.69. The third-order valence-electron chi connectivity index (χ3n) is 4.09. The number of benzene rings is 1. The molecular formula is C19H17FN3O2. The van der Waals surface area contributed by atoms with E-state index < -0.39 is 17.3 Å². The van der Waals surface area contributed by atoms with Crippen LogP contribution in [-0.4, -0.2) is 21.0 Å². The fraction of sp³-hybridized carbons (Fsp3) is 0.211. The molecule has 3 aromatic rings. The number of pyridine rings is 2. The third kappa shape index (κ3) is 2.96. The molecule has 3 N–H and O–H groups in total. The highest BCUT2D eigenvalue weighted by Crippen LogP contribution is 2.31. The zero-order chi connectivity index (χ0) is 18.4. The van der Waals surface area contributed by atoms with E-state index in [0.717, 1.165) is 5.39 Å². The summed E-state index contributed by atoms with van der Waals surface area (Å²) in [6, 6.07) is 6.96. The zero-order valence-corrected chi connectivity index (χ0v) is 14.1. The van der Waals surface area contributed by atoms with Gasteiger partial charge in [0.2, 0.25) is 0 Å². The van der Waals surface area contributed by atoms with Crippen LogP contribution in [0.2, 0.25) is 0 Å². The van der Waals surface area contributed by atoms with E-state index in [4.69, 9.17) is 5.73 Å². The minimum absolute atomic E-state index is 0.0105. The van der Waals surface area contributed by atoms with Crippen LogP contribution in [0.15, 0.2) is 30.5 Å². The Morgan fingerprint density at radius 2 is 2.08 bits per heavy atom. The summed E-state index contributed by atoms with van der Waals surface area (Å²) in [4.78, 5) is 19.6. The number of rotatable bonds is 3. The summed E-state index contributed by atoms with van der Waals surface area (Å²) >= 11 is 0. The summed E-state index contributed by atoms with van der Waals surface area (Å²) in [6.45, 7) is 4.58. The Morgan fingerprint density at radius 1 is 1.36 bits per heavy atom. The maximum absolute atomic E-state index is 14.7. The average molecular weight is 338 g/mol. The Hall–Kier alpha value is -2.86. The maximum atomic E-state index is 14.7. The molecule has 0 saturated carbocycles. The molecule has 0 bridgehead atoms. The van der Waals surface area contributed by atoms with Gasteiger partial charge in [-0.15, -0.1) is 0 Å². The number of hydrogen-bond acceptors (Lipinski definition) is 4. The number of aromatic nitrogens is 2. The van der Waals surface area contributed by atoms with Crippen molar-refractivity contribution in [3.8, 4) is 11.1 Å². The number of aliphatic hydroxyl groups is 1. The lowest BCUT2D eigenvalue weighted by molar-refractivity contribution is 0.0693. The van der Waals surface area contributed by atoms with Crippen LogP contribution in [0.3, 0.4) is 0 Å². The number of nitrogens with two attached hydrogens (primary N) is 1. The van der Waals surface area contributed by atoms with Crippen LogP contribution in [0.5, 0.6) is 0 Å². The molecule has 0 aliphatic heterocycles. The Labute approximate surface area is 144 Å². The van der Waals surface area contributed by atoms with Crippen molar-refractivity contribution in [3.63, 3.8) is 0 Å². The van der Waals surface area contributed by atoms with Gasteiger partial charge in [0.1, 0.15) is 17.0 Å². The molecule has 0 aliphatic carbocycles. The van der Waals surface area contributed by atoms with E-state index in [0.29, 0.717) is 22.1 Å². The number of primary amides is 1. The minimum Gasteiger partial charge on any atom is -0.384 e. The van der Waals surface area contributed by atoms with Gasteiger partial charge < -0.3 is 10.8 Å². The topological polar surface area (TPSA) is 89.1 Å². The van der Waals surface area contributed by atoms with Gasteiger partial charge in [0.05, 0.1) is 6.20 Å². The van der Waals surface area contributed by atoms with E-state index in [1.165, 1.54) is 20.0 Å². The summed E-state index contributed by atoms with van der Waals surface area (Å²) in [7, 11) is 0. The molecule has 1 radical (unpaired) electrons. The highest BCUT2D eigenvalue weighted by molar-refractivity contribution is 6.05. The fourth-order valence-corrected chi connectivity index (χ4v) is 2.77. The maximum Gasteiger partial charge on any atom is 0.267 e. The van der Waals surface area contributed by atoms with E-state index in [9.17, 15) is 14.3 Å². The Balaban J connectivity index is 2.22. The number of hydrogen-bond donors (Lipinski definition) is 2. The molecule has 1 amide bonds. The first-order valence-electron chi connectivity index (χ1n) is 7.69. The highest BCUT2D eigenvalue weighted by Gasteiger charge is 2.25. The van der Waals surface area contributed by atoms with Crippen LogP contribution >= 0.6 is 0 Å². The molecule has 0 saturated heterocycles. The molecule has 3 rings (SSSR count). The van der Waals surface area contributed by atoms with Gasteiger partial charge in [0.25, 0.3) is 5.91 Å². The largest absolute Gasteiger partial charge is 0.384 e. The van der Waals surface area contributed by atoms with Crippen LogP contribution in [0.4, 0.5) is 4.39 Å². The van der Waals surface area contributed by atoms with Crippen LogP contribution in [-0.2, 0) is 5.60 Å². The van der Waals surface area contributed by atoms with Crippen LogP contribution < -0.4 is 5.73 Å². The summed E-state index contributed by atoms with van der Waals surface area (Å²) in [5, 5.41) is 11.4. The standard InChI is InChI=1S/C19H17FN3O2/c1-10-14(9-23-17(15(10)20)19(2,3)25)12-5-4-11-6-7-22-16(18(21)24)13(11)8-12/h4-6,8-9,25H,1-3H3,(H2,21,24). The predicted octanol–water partition coefficient (Wildman–Crippen LogP) is 2.87. The summed E-state index contributed by atoms with van der Waals surface area (Å²) in [6.07, 6.45) is 4.15. The second-order valence-electron chi connectivity index (χ2n) is 6.42. The van der Waals surface area contributed by atoms with Gasteiger partial charge in [-0.2, -0.15) is 0 Å². The predicted molar refractivity (Wildman–Crippen MR) is 92.3 cm³/mol. The van der Waals surface area contributed by atoms with Crippen LogP contribution in [0.1, 0.15) is 35.6 Å². The highest BCUT2D eigenvalue weighted by atomic mass is 19.1. The molecule has 1 aromatic carbocycles. The second-order valence-corrected chi connectivity index (χ2v) is 6.42. The van der Waals surface area contributed by atoms with Crippen LogP contribution in [0.25, 0.3) is 21.9 Å². The van der Waals surface area contributed by atoms with Gasteiger partial charge in [-0.3, -0.25) is 9.78 Å². The molecule has 2 aromatic heterocycles. The fourth-order valence-electron chi connectivity index (χ4n) is 2.77. The van der Waals surface area contributed by atoms with Gasteiger partial charge in [-0.25, -0.2) is 9.37 Å². The van der Waals surface area contributed by atoms with Crippen molar-refractivity contribution in [2.24, 2.45) is 5.73 Å². The number of halogens is 1. The number of amides is 1. The molecule has 0 unspecified atom stereocenters. The molecule has 0 atom stereocenters. The minimum atomic E-state index is -1.38. The monoisotopic (exact) mass is 338 g/mol. The lowest BCUT2D eigenvalue weighted by atomic mass is 9.95.